The van der Waals surface area contributed by atoms with Crippen molar-refractivity contribution in [1.82, 2.24) is 0 Å². The Balaban J connectivity index is 1.76. The van der Waals surface area contributed by atoms with E-state index in [1.54, 1.807) is 6.07 Å². The third kappa shape index (κ3) is 2.67. The van der Waals surface area contributed by atoms with E-state index in [-0.39, 0.29) is 5.75 Å². The van der Waals surface area contributed by atoms with E-state index in [2.05, 4.69) is 0 Å². The lowest BCUT2D eigenvalue weighted by Gasteiger charge is -2.25. The number of nitrogens with zero attached hydrogens (tertiary/aromatic N) is 1. The van der Waals surface area contributed by atoms with Gasteiger partial charge in [-0.05, 0) is 42.9 Å². The van der Waals surface area contributed by atoms with Crippen molar-refractivity contribution in [2.45, 2.75) is 25.0 Å². The number of hydrogen-bond donors (Lipinski definition) is 0. The summed E-state index contributed by atoms with van der Waals surface area (Å²) in [5, 5.41) is 0. The smallest absolute Gasteiger partial charge is 0.239 e. The molecular weight excluding hydrogens is 281 g/mol. The summed E-state index contributed by atoms with van der Waals surface area (Å²) >= 11 is 0. The Morgan fingerprint density at radius 2 is 2.05 bits per heavy atom. The quantitative estimate of drug-likeness (QED) is 0.860. The largest absolute Gasteiger partial charge is 0.381 e. The minimum Gasteiger partial charge on any atom is -0.381 e. The lowest BCUT2D eigenvalue weighted by molar-refractivity contribution is 0.0647. The topological polar surface area (TPSA) is 46.6 Å². The van der Waals surface area contributed by atoms with Crippen LogP contribution < -0.4 is 4.31 Å². The molecule has 2 aliphatic heterocycles. The van der Waals surface area contributed by atoms with E-state index in [0.717, 1.165) is 32.5 Å². The van der Waals surface area contributed by atoms with Gasteiger partial charge in [0.1, 0.15) is 5.82 Å². The van der Waals surface area contributed by atoms with Crippen molar-refractivity contribution in [3.63, 3.8) is 0 Å². The molecule has 110 valence electrons. The maximum absolute atomic E-state index is 13.3. The van der Waals surface area contributed by atoms with Gasteiger partial charge in [-0.1, -0.05) is 6.07 Å². The van der Waals surface area contributed by atoms with Crippen molar-refractivity contribution < 1.29 is 17.5 Å². The van der Waals surface area contributed by atoms with E-state index in [4.69, 9.17) is 4.74 Å². The van der Waals surface area contributed by atoms with Crippen LogP contribution in [-0.4, -0.2) is 28.2 Å². The Labute approximate surface area is 118 Å². The van der Waals surface area contributed by atoms with Gasteiger partial charge in [0.2, 0.25) is 10.0 Å². The first-order valence-corrected chi connectivity index (χ1v) is 8.54. The van der Waals surface area contributed by atoms with E-state index in [9.17, 15) is 12.8 Å². The van der Waals surface area contributed by atoms with Crippen LogP contribution >= 0.6 is 0 Å². The van der Waals surface area contributed by atoms with E-state index in [1.807, 2.05) is 0 Å². The number of fused-ring (bicyclic) bond motifs is 1. The monoisotopic (exact) mass is 299 g/mol. The highest BCUT2D eigenvalue weighted by Crippen LogP contribution is 2.35. The second-order valence-corrected chi connectivity index (χ2v) is 7.34. The molecule has 0 unspecified atom stereocenters. The van der Waals surface area contributed by atoms with Crippen LogP contribution in [0.2, 0.25) is 0 Å². The molecular formula is C14H18FNO3S. The Kier molecular flexibility index (Phi) is 3.69. The van der Waals surface area contributed by atoms with Crippen molar-refractivity contribution in [3.05, 3.63) is 29.6 Å². The first kappa shape index (κ1) is 13.8. The van der Waals surface area contributed by atoms with Crippen molar-refractivity contribution in [2.24, 2.45) is 5.92 Å². The van der Waals surface area contributed by atoms with E-state index < -0.39 is 15.8 Å². The Morgan fingerprint density at radius 3 is 2.80 bits per heavy atom. The zero-order chi connectivity index (χ0) is 14.2. The fraction of sp³-hybridized carbons (Fsp3) is 0.571. The zero-order valence-corrected chi connectivity index (χ0v) is 12.0. The molecule has 0 aromatic heterocycles. The standard InChI is InChI=1S/C14H18FNO3S/c15-13-2-1-12-10-20(17,18)16(14(12)9-13)6-3-11-4-7-19-8-5-11/h1-2,9,11H,3-8,10H2. The predicted molar refractivity (Wildman–Crippen MR) is 74.5 cm³/mol. The van der Waals surface area contributed by atoms with Gasteiger partial charge >= 0.3 is 0 Å². The SMILES string of the molecule is O=S1(=O)Cc2ccc(F)cc2N1CCC1CCOCC1. The third-order valence-corrected chi connectivity index (χ3v) is 5.80. The van der Waals surface area contributed by atoms with Gasteiger partial charge in [-0.3, -0.25) is 4.31 Å². The summed E-state index contributed by atoms with van der Waals surface area (Å²) in [6.45, 7) is 1.94. The summed E-state index contributed by atoms with van der Waals surface area (Å²) in [5.74, 6) is 0.0876. The Morgan fingerprint density at radius 1 is 1.30 bits per heavy atom. The highest BCUT2D eigenvalue weighted by molar-refractivity contribution is 7.92. The first-order chi connectivity index (χ1) is 9.56. The van der Waals surface area contributed by atoms with Gasteiger partial charge < -0.3 is 4.74 Å². The Hall–Kier alpha value is -1.14. The molecule has 1 aromatic carbocycles. The Bertz CT molecular complexity index is 596. The molecule has 1 fully saturated rings. The van der Waals surface area contributed by atoms with Crippen LogP contribution in [-0.2, 0) is 20.5 Å². The first-order valence-electron chi connectivity index (χ1n) is 6.93. The van der Waals surface area contributed by atoms with E-state index in [0.29, 0.717) is 23.7 Å². The van der Waals surface area contributed by atoms with Gasteiger partial charge in [-0.2, -0.15) is 0 Å². The molecule has 0 atom stereocenters. The number of hydrogen-bond acceptors (Lipinski definition) is 3. The minimum absolute atomic E-state index is 0.0175. The molecule has 1 saturated heterocycles. The van der Waals surface area contributed by atoms with Gasteiger partial charge in [-0.15, -0.1) is 0 Å². The predicted octanol–water partition coefficient (Wildman–Crippen LogP) is 2.29. The van der Waals surface area contributed by atoms with Crippen LogP contribution in [0.3, 0.4) is 0 Å². The normalized spacial score (nSPS) is 21.9. The molecule has 0 spiro atoms. The molecule has 4 nitrogen and oxygen atoms in total. The van der Waals surface area contributed by atoms with Crippen molar-refractivity contribution in [1.29, 1.82) is 0 Å². The fourth-order valence-electron chi connectivity index (χ4n) is 2.91. The number of halogens is 1. The number of sulfonamides is 1. The van der Waals surface area contributed by atoms with Crippen LogP contribution in [0.25, 0.3) is 0 Å². The third-order valence-electron chi connectivity index (χ3n) is 4.07. The highest BCUT2D eigenvalue weighted by atomic mass is 32.2. The summed E-state index contributed by atoms with van der Waals surface area (Å²) in [6, 6.07) is 4.21. The summed E-state index contributed by atoms with van der Waals surface area (Å²) in [4.78, 5) is 0. The van der Waals surface area contributed by atoms with Crippen LogP contribution in [0.5, 0.6) is 0 Å². The second kappa shape index (κ2) is 5.33. The molecule has 2 heterocycles. The average Bonchev–Trinajstić information content (AvgIpc) is 2.67. The zero-order valence-electron chi connectivity index (χ0n) is 11.2. The molecule has 0 N–H and O–H groups in total. The van der Waals surface area contributed by atoms with Crippen LogP contribution in [0.1, 0.15) is 24.8 Å². The molecule has 2 aliphatic rings. The molecule has 0 saturated carbocycles. The fourth-order valence-corrected chi connectivity index (χ4v) is 4.56. The summed E-state index contributed by atoms with van der Waals surface area (Å²) in [5.41, 5.74) is 1.20. The molecule has 0 amide bonds. The molecule has 6 heteroatoms. The number of benzene rings is 1. The van der Waals surface area contributed by atoms with Crippen molar-refractivity contribution in [3.8, 4) is 0 Å². The minimum atomic E-state index is -3.33. The van der Waals surface area contributed by atoms with Crippen molar-refractivity contribution in [2.75, 3.05) is 24.1 Å². The van der Waals surface area contributed by atoms with Crippen LogP contribution in [0.4, 0.5) is 10.1 Å². The van der Waals surface area contributed by atoms with Crippen molar-refractivity contribution >= 4 is 15.7 Å². The highest BCUT2D eigenvalue weighted by Gasteiger charge is 2.33. The number of rotatable bonds is 3. The lowest BCUT2D eigenvalue weighted by atomic mass is 9.96. The number of ether oxygens (including phenoxy) is 1. The summed E-state index contributed by atoms with van der Waals surface area (Å²) < 4.78 is 44.4. The molecule has 20 heavy (non-hydrogen) atoms. The van der Waals surface area contributed by atoms with E-state index >= 15 is 0 Å². The van der Waals surface area contributed by atoms with E-state index in [1.165, 1.54) is 16.4 Å². The van der Waals surface area contributed by atoms with Crippen LogP contribution in [0.15, 0.2) is 18.2 Å². The maximum Gasteiger partial charge on any atom is 0.239 e. The van der Waals surface area contributed by atoms with Gasteiger partial charge in [0.25, 0.3) is 0 Å². The van der Waals surface area contributed by atoms with Gasteiger partial charge in [0, 0.05) is 19.8 Å². The maximum atomic E-state index is 13.3. The lowest BCUT2D eigenvalue weighted by Crippen LogP contribution is -2.30. The summed E-state index contributed by atoms with van der Waals surface area (Å²) in [6.07, 6.45) is 2.76. The molecule has 0 bridgehead atoms. The summed E-state index contributed by atoms with van der Waals surface area (Å²) in [7, 11) is -3.33. The average molecular weight is 299 g/mol. The molecule has 1 aromatic rings. The van der Waals surface area contributed by atoms with Gasteiger partial charge in [-0.25, -0.2) is 12.8 Å². The molecule has 3 rings (SSSR count). The van der Waals surface area contributed by atoms with Gasteiger partial charge in [0.15, 0.2) is 0 Å². The van der Waals surface area contributed by atoms with Crippen LogP contribution in [0, 0.1) is 11.7 Å². The van der Waals surface area contributed by atoms with Gasteiger partial charge in [0.05, 0.1) is 11.4 Å². The molecule has 0 radical (unpaired) electrons. The number of anilines is 1. The second-order valence-electron chi connectivity index (χ2n) is 5.45. The molecule has 0 aliphatic carbocycles.